The van der Waals surface area contributed by atoms with Crippen molar-refractivity contribution >= 4 is 29.7 Å². The number of aromatic nitrogens is 4. The van der Waals surface area contributed by atoms with Gasteiger partial charge in [-0.3, -0.25) is 0 Å². The molecule has 130 valence electrons. The monoisotopic (exact) mass is 358 g/mol. The van der Waals surface area contributed by atoms with Crippen LogP contribution in [0.15, 0.2) is 35.5 Å². The molecule has 2 aromatic heterocycles. The zero-order chi connectivity index (χ0) is 18.0. The summed E-state index contributed by atoms with van der Waals surface area (Å²) in [4.78, 5) is 14.6. The van der Waals surface area contributed by atoms with Crippen molar-refractivity contribution in [3.05, 3.63) is 46.7 Å². The van der Waals surface area contributed by atoms with Crippen molar-refractivity contribution in [1.29, 1.82) is 0 Å². The minimum atomic E-state index is -0.252. The summed E-state index contributed by atoms with van der Waals surface area (Å²) in [5, 5.41) is 5.09. The molecule has 0 aliphatic heterocycles. The van der Waals surface area contributed by atoms with E-state index in [1.165, 1.54) is 0 Å². The second kappa shape index (κ2) is 7.06. The van der Waals surface area contributed by atoms with Gasteiger partial charge in [-0.05, 0) is 43.7 Å². The Morgan fingerprint density at radius 1 is 1.32 bits per heavy atom. The fourth-order valence-electron chi connectivity index (χ4n) is 2.33. The van der Waals surface area contributed by atoms with E-state index in [1.807, 2.05) is 57.1 Å². The normalized spacial score (nSPS) is 12.7. The molecule has 0 spiro atoms. The van der Waals surface area contributed by atoms with Gasteiger partial charge in [0, 0.05) is 25.3 Å². The molecule has 0 saturated carbocycles. The van der Waals surface area contributed by atoms with Gasteiger partial charge in [-0.15, -0.1) is 5.10 Å². The van der Waals surface area contributed by atoms with E-state index in [0.29, 0.717) is 16.7 Å². The predicted octanol–water partition coefficient (Wildman–Crippen LogP) is 3.45. The third-order valence-electron chi connectivity index (χ3n) is 3.52. The van der Waals surface area contributed by atoms with Gasteiger partial charge in [0.1, 0.15) is 11.9 Å². The number of aliphatic imine (C=N–C) groups is 1. The first-order valence-electron chi connectivity index (χ1n) is 7.79. The Balaban J connectivity index is 1.91. The molecule has 0 amide bonds. The Bertz CT molecular complexity index is 921. The number of hydrogen-bond acceptors (Lipinski definition) is 5. The number of rotatable bonds is 5. The SMILES string of the molecule is Cc1cc(Cl)ccc1O[C@H](C)c1ccnc2nc(N=CN(C)C)nn12. The number of halogens is 1. The van der Waals surface area contributed by atoms with Gasteiger partial charge in [0.2, 0.25) is 0 Å². The van der Waals surface area contributed by atoms with Gasteiger partial charge in [0.25, 0.3) is 11.7 Å². The van der Waals surface area contributed by atoms with Crippen molar-refractivity contribution in [2.45, 2.75) is 20.0 Å². The van der Waals surface area contributed by atoms with Gasteiger partial charge in [-0.2, -0.15) is 9.50 Å². The third kappa shape index (κ3) is 3.88. The second-order valence-corrected chi connectivity index (χ2v) is 6.31. The van der Waals surface area contributed by atoms with Crippen molar-refractivity contribution in [2.24, 2.45) is 4.99 Å². The zero-order valence-corrected chi connectivity index (χ0v) is 15.3. The van der Waals surface area contributed by atoms with Crippen molar-refractivity contribution in [1.82, 2.24) is 24.5 Å². The molecule has 0 fully saturated rings. The van der Waals surface area contributed by atoms with E-state index in [1.54, 1.807) is 17.1 Å². The number of nitrogens with zero attached hydrogens (tertiary/aromatic N) is 6. The van der Waals surface area contributed by atoms with Crippen LogP contribution in [0.3, 0.4) is 0 Å². The van der Waals surface area contributed by atoms with Gasteiger partial charge < -0.3 is 9.64 Å². The molecule has 2 heterocycles. The summed E-state index contributed by atoms with van der Waals surface area (Å²) in [5.74, 6) is 1.60. The Kier molecular flexibility index (Phi) is 4.85. The molecular weight excluding hydrogens is 340 g/mol. The highest BCUT2D eigenvalue weighted by Gasteiger charge is 2.15. The first-order chi connectivity index (χ1) is 11.9. The van der Waals surface area contributed by atoms with Crippen LogP contribution in [-0.2, 0) is 0 Å². The van der Waals surface area contributed by atoms with Crippen molar-refractivity contribution < 1.29 is 4.74 Å². The molecule has 0 bridgehead atoms. The lowest BCUT2D eigenvalue weighted by Gasteiger charge is -2.17. The molecule has 0 aliphatic rings. The Morgan fingerprint density at radius 3 is 2.84 bits per heavy atom. The van der Waals surface area contributed by atoms with E-state index in [2.05, 4.69) is 20.1 Å². The summed E-state index contributed by atoms with van der Waals surface area (Å²) >= 11 is 6.00. The van der Waals surface area contributed by atoms with Crippen LogP contribution < -0.4 is 4.74 Å². The molecule has 0 radical (unpaired) electrons. The molecule has 8 heteroatoms. The Morgan fingerprint density at radius 2 is 2.12 bits per heavy atom. The highest BCUT2D eigenvalue weighted by Crippen LogP contribution is 2.27. The van der Waals surface area contributed by atoms with Crippen molar-refractivity contribution in [3.63, 3.8) is 0 Å². The zero-order valence-electron chi connectivity index (χ0n) is 14.5. The van der Waals surface area contributed by atoms with Crippen LogP contribution in [0.25, 0.3) is 5.78 Å². The topological polar surface area (TPSA) is 67.9 Å². The van der Waals surface area contributed by atoms with Crippen LogP contribution in [0.4, 0.5) is 5.95 Å². The van der Waals surface area contributed by atoms with Gasteiger partial charge in [-0.25, -0.2) is 9.98 Å². The smallest absolute Gasteiger partial charge is 0.272 e. The first kappa shape index (κ1) is 17.2. The predicted molar refractivity (Wildman–Crippen MR) is 97.9 cm³/mol. The standard InChI is InChI=1S/C17H19ClN6O/c1-11-9-13(18)5-6-15(11)25-12(2)14-7-8-19-17-21-16(22-24(14)17)20-10-23(3)4/h5-10,12H,1-4H3/t12-/m1/s1. The van der Waals surface area contributed by atoms with E-state index in [-0.39, 0.29) is 6.10 Å². The van der Waals surface area contributed by atoms with E-state index in [0.717, 1.165) is 17.0 Å². The molecular formula is C17H19ClN6O. The Labute approximate surface area is 150 Å². The largest absolute Gasteiger partial charge is 0.484 e. The molecule has 3 aromatic rings. The van der Waals surface area contributed by atoms with Crippen LogP contribution in [0.2, 0.25) is 5.02 Å². The molecule has 0 saturated heterocycles. The summed E-state index contributed by atoms with van der Waals surface area (Å²) in [6, 6.07) is 7.40. The van der Waals surface area contributed by atoms with Crippen molar-refractivity contribution in [3.8, 4) is 5.75 Å². The van der Waals surface area contributed by atoms with Crippen LogP contribution >= 0.6 is 11.6 Å². The van der Waals surface area contributed by atoms with E-state index in [9.17, 15) is 0 Å². The average molecular weight is 359 g/mol. The van der Waals surface area contributed by atoms with E-state index < -0.39 is 0 Å². The molecule has 1 aromatic carbocycles. The number of benzene rings is 1. The molecule has 25 heavy (non-hydrogen) atoms. The third-order valence-corrected chi connectivity index (χ3v) is 3.76. The molecule has 0 unspecified atom stereocenters. The fraction of sp³-hybridized carbons (Fsp3) is 0.294. The number of ether oxygens (including phenoxy) is 1. The summed E-state index contributed by atoms with van der Waals surface area (Å²) in [7, 11) is 3.76. The van der Waals surface area contributed by atoms with Crippen LogP contribution in [0, 0.1) is 6.92 Å². The lowest BCUT2D eigenvalue weighted by Crippen LogP contribution is -2.10. The fourth-order valence-corrected chi connectivity index (χ4v) is 2.55. The quantitative estimate of drug-likeness (QED) is 0.516. The molecule has 3 rings (SSSR count). The number of hydrogen-bond donors (Lipinski definition) is 0. The lowest BCUT2D eigenvalue weighted by molar-refractivity contribution is 0.217. The van der Waals surface area contributed by atoms with Gasteiger partial charge in [-0.1, -0.05) is 11.6 Å². The van der Waals surface area contributed by atoms with Crippen LogP contribution in [-0.4, -0.2) is 44.9 Å². The van der Waals surface area contributed by atoms with Crippen LogP contribution in [0.5, 0.6) is 5.75 Å². The minimum Gasteiger partial charge on any atom is -0.484 e. The Hall–Kier alpha value is -2.67. The van der Waals surface area contributed by atoms with Gasteiger partial charge in [0.05, 0.1) is 12.0 Å². The summed E-state index contributed by atoms with van der Waals surface area (Å²) in [6.45, 7) is 3.91. The van der Waals surface area contributed by atoms with E-state index >= 15 is 0 Å². The molecule has 0 aliphatic carbocycles. The summed E-state index contributed by atoms with van der Waals surface area (Å²) in [5.41, 5.74) is 1.80. The average Bonchev–Trinajstić information content (AvgIpc) is 2.98. The van der Waals surface area contributed by atoms with E-state index in [4.69, 9.17) is 16.3 Å². The maximum atomic E-state index is 6.08. The summed E-state index contributed by atoms with van der Waals surface area (Å²) in [6.07, 6.45) is 3.08. The first-order valence-corrected chi connectivity index (χ1v) is 8.17. The van der Waals surface area contributed by atoms with Crippen molar-refractivity contribution in [2.75, 3.05) is 14.1 Å². The number of fused-ring (bicyclic) bond motifs is 1. The highest BCUT2D eigenvalue weighted by atomic mass is 35.5. The minimum absolute atomic E-state index is 0.252. The lowest BCUT2D eigenvalue weighted by atomic mass is 10.2. The maximum Gasteiger partial charge on any atom is 0.272 e. The highest BCUT2D eigenvalue weighted by molar-refractivity contribution is 6.30. The second-order valence-electron chi connectivity index (χ2n) is 5.87. The molecule has 1 atom stereocenters. The van der Waals surface area contributed by atoms with Crippen LogP contribution in [0.1, 0.15) is 24.3 Å². The van der Waals surface area contributed by atoms with Gasteiger partial charge >= 0.3 is 0 Å². The molecule has 7 nitrogen and oxygen atoms in total. The van der Waals surface area contributed by atoms with Gasteiger partial charge in [0.15, 0.2) is 0 Å². The molecule has 0 N–H and O–H groups in total. The summed E-state index contributed by atoms with van der Waals surface area (Å²) < 4.78 is 7.73. The number of aryl methyl sites for hydroxylation is 1. The maximum absolute atomic E-state index is 6.08.